The second-order valence-electron chi connectivity index (χ2n) is 9.60. The summed E-state index contributed by atoms with van der Waals surface area (Å²) >= 11 is 0. The number of nitrogens with zero attached hydrogens (tertiary/aromatic N) is 5. The fourth-order valence-corrected chi connectivity index (χ4v) is 4.34. The van der Waals surface area contributed by atoms with Gasteiger partial charge in [0, 0.05) is 65.4 Å². The van der Waals surface area contributed by atoms with Crippen molar-refractivity contribution in [1.82, 2.24) is 24.5 Å². The normalized spacial score (nSPS) is 21.1. The van der Waals surface area contributed by atoms with Crippen molar-refractivity contribution in [2.75, 3.05) is 111 Å². The Morgan fingerprint density at radius 2 is 1.08 bits per heavy atom. The van der Waals surface area contributed by atoms with Gasteiger partial charge in [0.15, 0.2) is 0 Å². The number of morpholine rings is 1. The maximum absolute atomic E-state index is 11.4. The van der Waals surface area contributed by atoms with Crippen molar-refractivity contribution in [3.8, 4) is 0 Å². The van der Waals surface area contributed by atoms with E-state index < -0.39 is 36.0 Å². The van der Waals surface area contributed by atoms with Gasteiger partial charge in [-0.15, -0.1) is 0 Å². The van der Waals surface area contributed by atoms with E-state index in [9.17, 15) is 44.4 Å². The number of rotatable bonds is 13. The van der Waals surface area contributed by atoms with E-state index in [0.29, 0.717) is 58.9 Å². The van der Waals surface area contributed by atoms with Crippen LogP contribution in [0.5, 0.6) is 0 Å². The van der Waals surface area contributed by atoms with Gasteiger partial charge in [0.1, 0.15) is 0 Å². The molecule has 2 fully saturated rings. The van der Waals surface area contributed by atoms with Crippen LogP contribution in [0.3, 0.4) is 0 Å². The molecule has 2 aliphatic heterocycles. The van der Waals surface area contributed by atoms with Crippen molar-refractivity contribution in [1.29, 1.82) is 0 Å². The van der Waals surface area contributed by atoms with E-state index in [1.54, 1.807) is 19.6 Å². The average molecular weight is 562 g/mol. The number of ether oxygens (including phenoxy) is 2. The Labute approximate surface area is 226 Å². The predicted octanol–water partition coefficient (Wildman–Crippen LogP) is -3.78. The van der Waals surface area contributed by atoms with Gasteiger partial charge in [-0.1, -0.05) is 0 Å². The molecule has 2 heterocycles. The lowest BCUT2D eigenvalue weighted by atomic mass is 10.3. The molecule has 2 aliphatic rings. The lowest BCUT2D eigenvalue weighted by Crippen LogP contribution is -2.49. The standard InChI is InChI=1S/C23H39N5O11/c29-18(17-38-10-9-28-15-22(36)39-23(37)16-28)11-24-1-3-25(12-19(30)31)5-7-27(14-21(34)35)8-6-26(4-2-24)13-20(32)33/h18,29H,1-17H2,(H,30,31)(H,32,33)(H,34,35). The molecule has 222 valence electrons. The van der Waals surface area contributed by atoms with E-state index in [1.165, 1.54) is 0 Å². The van der Waals surface area contributed by atoms with Crippen LogP contribution in [0.2, 0.25) is 0 Å². The number of aliphatic hydroxyl groups is 1. The Morgan fingerprint density at radius 1 is 0.692 bits per heavy atom. The van der Waals surface area contributed by atoms with Gasteiger partial charge < -0.3 is 29.9 Å². The third kappa shape index (κ3) is 14.3. The minimum atomic E-state index is -1.02. The second-order valence-corrected chi connectivity index (χ2v) is 9.60. The van der Waals surface area contributed by atoms with Crippen molar-refractivity contribution in [3.05, 3.63) is 0 Å². The Hall–Kier alpha value is -2.73. The molecule has 0 saturated carbocycles. The molecule has 0 spiro atoms. The summed E-state index contributed by atoms with van der Waals surface area (Å²) in [5.41, 5.74) is 0. The van der Waals surface area contributed by atoms with Crippen LogP contribution in [0.25, 0.3) is 0 Å². The summed E-state index contributed by atoms with van der Waals surface area (Å²) in [6.45, 7) is 2.66. The first kappa shape index (κ1) is 32.5. The van der Waals surface area contributed by atoms with Gasteiger partial charge in [-0.2, -0.15) is 0 Å². The van der Waals surface area contributed by atoms with Crippen LogP contribution < -0.4 is 0 Å². The molecule has 39 heavy (non-hydrogen) atoms. The van der Waals surface area contributed by atoms with E-state index >= 15 is 0 Å². The third-order valence-corrected chi connectivity index (χ3v) is 6.27. The number of hydrogen-bond donors (Lipinski definition) is 4. The number of carbonyl (C=O) groups excluding carboxylic acids is 2. The Bertz CT molecular complexity index is 797. The lowest BCUT2D eigenvalue weighted by Gasteiger charge is -2.33. The molecule has 2 saturated heterocycles. The molecular weight excluding hydrogens is 522 g/mol. The van der Waals surface area contributed by atoms with Gasteiger partial charge in [-0.3, -0.25) is 48.5 Å². The molecule has 0 amide bonds. The van der Waals surface area contributed by atoms with E-state index in [1.807, 2.05) is 4.90 Å². The zero-order valence-corrected chi connectivity index (χ0v) is 22.0. The van der Waals surface area contributed by atoms with Crippen LogP contribution in [0.15, 0.2) is 0 Å². The summed E-state index contributed by atoms with van der Waals surface area (Å²) in [4.78, 5) is 65.3. The van der Waals surface area contributed by atoms with Gasteiger partial charge in [-0.05, 0) is 0 Å². The Kier molecular flexibility index (Phi) is 14.2. The Morgan fingerprint density at radius 3 is 1.46 bits per heavy atom. The topological polar surface area (TPSA) is 201 Å². The maximum Gasteiger partial charge on any atom is 0.327 e. The second kappa shape index (κ2) is 17.1. The quantitative estimate of drug-likeness (QED) is 0.0968. The van der Waals surface area contributed by atoms with Crippen molar-refractivity contribution in [2.45, 2.75) is 6.10 Å². The number of cyclic esters (lactones) is 2. The smallest absolute Gasteiger partial charge is 0.327 e. The number of esters is 2. The van der Waals surface area contributed by atoms with Crippen molar-refractivity contribution in [2.24, 2.45) is 0 Å². The molecule has 16 heteroatoms. The monoisotopic (exact) mass is 561 g/mol. The van der Waals surface area contributed by atoms with E-state index in [-0.39, 0.29) is 52.5 Å². The lowest BCUT2D eigenvalue weighted by molar-refractivity contribution is -0.167. The molecule has 0 aromatic carbocycles. The summed E-state index contributed by atoms with van der Waals surface area (Å²) in [5.74, 6) is -4.28. The minimum absolute atomic E-state index is 0.00936. The molecule has 0 bridgehead atoms. The summed E-state index contributed by atoms with van der Waals surface area (Å²) in [6.07, 6.45) is -0.891. The van der Waals surface area contributed by atoms with Crippen molar-refractivity contribution < 1.29 is 53.9 Å². The highest BCUT2D eigenvalue weighted by molar-refractivity contribution is 5.90. The van der Waals surface area contributed by atoms with Crippen LogP contribution in [-0.4, -0.2) is 192 Å². The number of carboxylic acids is 3. The maximum atomic E-state index is 11.4. The molecule has 1 atom stereocenters. The molecule has 0 aromatic heterocycles. The zero-order valence-electron chi connectivity index (χ0n) is 22.0. The predicted molar refractivity (Wildman–Crippen MR) is 133 cm³/mol. The number of carbonyl (C=O) groups is 5. The van der Waals surface area contributed by atoms with E-state index in [0.717, 1.165) is 0 Å². The molecular formula is C23H39N5O11. The first-order valence-electron chi connectivity index (χ1n) is 12.8. The van der Waals surface area contributed by atoms with Gasteiger partial charge in [0.05, 0.1) is 52.0 Å². The van der Waals surface area contributed by atoms with Crippen molar-refractivity contribution in [3.63, 3.8) is 0 Å². The average Bonchev–Trinajstić information content (AvgIpc) is 2.82. The molecule has 4 N–H and O–H groups in total. The molecule has 1 unspecified atom stereocenters. The number of hydrogen-bond acceptors (Lipinski definition) is 13. The molecule has 0 radical (unpaired) electrons. The first-order chi connectivity index (χ1) is 18.5. The highest BCUT2D eigenvalue weighted by atomic mass is 16.6. The zero-order chi connectivity index (χ0) is 28.8. The van der Waals surface area contributed by atoms with Gasteiger partial charge in [0.25, 0.3) is 0 Å². The fourth-order valence-electron chi connectivity index (χ4n) is 4.34. The molecule has 16 nitrogen and oxygen atoms in total. The Balaban J connectivity index is 1.94. The summed E-state index contributed by atoms with van der Waals surface area (Å²) < 4.78 is 10.00. The molecule has 0 aliphatic carbocycles. The number of aliphatic carboxylic acids is 3. The minimum Gasteiger partial charge on any atom is -0.480 e. The third-order valence-electron chi connectivity index (χ3n) is 6.27. The number of aliphatic hydroxyl groups excluding tert-OH is 1. The molecule has 2 rings (SSSR count). The number of β-amino-alcohol motifs (C(OH)–C–C–N with tert-alkyl or cyclic N) is 1. The summed E-state index contributed by atoms with van der Waals surface area (Å²) in [7, 11) is 0. The van der Waals surface area contributed by atoms with Gasteiger partial charge in [0.2, 0.25) is 0 Å². The van der Waals surface area contributed by atoms with Gasteiger partial charge in [-0.25, -0.2) is 0 Å². The highest BCUT2D eigenvalue weighted by Crippen LogP contribution is 2.04. The molecule has 0 aromatic rings. The van der Waals surface area contributed by atoms with Crippen molar-refractivity contribution >= 4 is 29.8 Å². The van der Waals surface area contributed by atoms with Gasteiger partial charge >= 0.3 is 29.8 Å². The van der Waals surface area contributed by atoms with Crippen LogP contribution in [0.4, 0.5) is 0 Å². The van der Waals surface area contributed by atoms with Crippen LogP contribution in [0.1, 0.15) is 0 Å². The largest absolute Gasteiger partial charge is 0.480 e. The SMILES string of the molecule is O=C(O)CN1CCN(CC(=O)O)CCN(CC(O)COCCN2CC(=O)OC(=O)C2)CCN(CC(=O)O)CC1. The fraction of sp³-hybridized carbons (Fsp3) is 0.783. The summed E-state index contributed by atoms with van der Waals surface area (Å²) in [5, 5.41) is 38.4. The van der Waals surface area contributed by atoms with E-state index in [4.69, 9.17) is 4.74 Å². The van der Waals surface area contributed by atoms with Crippen LogP contribution >= 0.6 is 0 Å². The van der Waals surface area contributed by atoms with Crippen LogP contribution in [0, 0.1) is 0 Å². The van der Waals surface area contributed by atoms with Crippen LogP contribution in [-0.2, 0) is 33.4 Å². The first-order valence-corrected chi connectivity index (χ1v) is 12.8. The number of carboxylic acid groups (broad SMARTS) is 3. The highest BCUT2D eigenvalue weighted by Gasteiger charge is 2.25. The summed E-state index contributed by atoms with van der Waals surface area (Å²) in [6, 6.07) is 0. The van der Waals surface area contributed by atoms with E-state index in [2.05, 4.69) is 4.74 Å².